The lowest BCUT2D eigenvalue weighted by Gasteiger charge is -2.25. The summed E-state index contributed by atoms with van der Waals surface area (Å²) in [5, 5.41) is 23.3. The van der Waals surface area contributed by atoms with E-state index in [1.54, 1.807) is 11.0 Å². The Morgan fingerprint density at radius 2 is 2.04 bits per heavy atom. The first kappa shape index (κ1) is 19.6. The largest absolute Gasteiger partial charge is 0.490 e. The topological polar surface area (TPSA) is 135 Å². The van der Waals surface area contributed by atoms with Crippen molar-refractivity contribution in [1.29, 1.82) is 0 Å². The molecule has 4 rings (SSSR count). The highest BCUT2D eigenvalue weighted by Gasteiger charge is 2.38. The summed E-state index contributed by atoms with van der Waals surface area (Å²) in [5.41, 5.74) is 1.12. The van der Waals surface area contributed by atoms with Gasteiger partial charge in [-0.05, 0) is 11.4 Å². The molecular formula is C14H12F3N7O3S. The van der Waals surface area contributed by atoms with Crippen LogP contribution in [0.25, 0.3) is 10.2 Å². The summed E-state index contributed by atoms with van der Waals surface area (Å²) in [6.07, 6.45) is -2.15. The zero-order valence-electron chi connectivity index (χ0n) is 13.8. The van der Waals surface area contributed by atoms with E-state index >= 15 is 0 Å². The maximum absolute atomic E-state index is 12.3. The molecule has 1 fully saturated rings. The highest BCUT2D eigenvalue weighted by Crippen LogP contribution is 2.21. The Labute approximate surface area is 158 Å². The molecule has 0 saturated carbocycles. The van der Waals surface area contributed by atoms with Crippen molar-refractivity contribution in [2.45, 2.75) is 12.2 Å². The van der Waals surface area contributed by atoms with Crippen LogP contribution < -0.4 is 10.6 Å². The molecule has 148 valence electrons. The van der Waals surface area contributed by atoms with Gasteiger partial charge in [-0.3, -0.25) is 4.79 Å². The van der Waals surface area contributed by atoms with E-state index in [0.29, 0.717) is 11.5 Å². The number of hydrogen-bond acceptors (Lipinski definition) is 8. The van der Waals surface area contributed by atoms with Crippen molar-refractivity contribution in [2.75, 3.05) is 18.4 Å². The second kappa shape index (κ2) is 7.85. The predicted octanol–water partition coefficient (Wildman–Crippen LogP) is 1.31. The number of fused-ring (bicyclic) bond motifs is 1. The molecule has 4 heterocycles. The van der Waals surface area contributed by atoms with Gasteiger partial charge in [0, 0.05) is 13.1 Å². The highest BCUT2D eigenvalue weighted by molar-refractivity contribution is 7.17. The molecule has 10 nitrogen and oxygen atoms in total. The van der Waals surface area contributed by atoms with Crippen molar-refractivity contribution in [3.63, 3.8) is 0 Å². The Bertz CT molecular complexity index is 999. The minimum absolute atomic E-state index is 0.263. The Morgan fingerprint density at radius 1 is 1.32 bits per heavy atom. The van der Waals surface area contributed by atoms with E-state index in [0.717, 1.165) is 23.3 Å². The lowest BCUT2D eigenvalue weighted by atomic mass is 10.2. The fourth-order valence-electron chi connectivity index (χ4n) is 2.07. The molecule has 0 spiro atoms. The number of thiophene rings is 1. The van der Waals surface area contributed by atoms with Gasteiger partial charge in [0.05, 0.1) is 22.5 Å². The fraction of sp³-hybridized carbons (Fsp3) is 0.286. The molecule has 0 atom stereocenters. The van der Waals surface area contributed by atoms with Crippen molar-refractivity contribution in [3.05, 3.63) is 29.7 Å². The second-order valence-electron chi connectivity index (χ2n) is 5.48. The van der Waals surface area contributed by atoms with E-state index in [2.05, 4.69) is 30.8 Å². The fourth-order valence-corrected chi connectivity index (χ4v) is 2.90. The summed E-state index contributed by atoms with van der Waals surface area (Å²) in [4.78, 5) is 31.0. The van der Waals surface area contributed by atoms with Gasteiger partial charge in [-0.25, -0.2) is 14.8 Å². The van der Waals surface area contributed by atoms with Crippen molar-refractivity contribution in [1.82, 2.24) is 30.3 Å². The molecule has 14 heteroatoms. The van der Waals surface area contributed by atoms with E-state index < -0.39 is 12.1 Å². The quantitative estimate of drug-likeness (QED) is 0.583. The molecular weight excluding hydrogens is 403 g/mol. The van der Waals surface area contributed by atoms with Crippen LogP contribution in [0, 0.1) is 0 Å². The van der Waals surface area contributed by atoms with Gasteiger partial charge < -0.3 is 15.7 Å². The van der Waals surface area contributed by atoms with Crippen LogP contribution in [0.4, 0.5) is 19.0 Å². The summed E-state index contributed by atoms with van der Waals surface area (Å²) >= 11 is 1.44. The summed E-state index contributed by atoms with van der Waals surface area (Å²) in [7, 11) is 0. The number of carbonyl (C=O) groups excluding carboxylic acids is 1. The van der Waals surface area contributed by atoms with Gasteiger partial charge in [0.1, 0.15) is 12.0 Å². The van der Waals surface area contributed by atoms with Crippen molar-refractivity contribution < 1.29 is 27.9 Å². The van der Waals surface area contributed by atoms with E-state index in [1.165, 1.54) is 17.7 Å². The number of hydrogen-bond donors (Lipinski definition) is 3. The molecule has 0 bridgehead atoms. The monoisotopic (exact) mass is 415 g/mol. The van der Waals surface area contributed by atoms with Crippen LogP contribution in [0.5, 0.6) is 0 Å². The Morgan fingerprint density at radius 3 is 2.64 bits per heavy atom. The normalized spacial score (nSPS) is 14.1. The number of carboxylic acids is 1. The van der Waals surface area contributed by atoms with Crippen LogP contribution in [-0.2, 0) is 4.79 Å². The van der Waals surface area contributed by atoms with Crippen molar-refractivity contribution in [2.24, 2.45) is 0 Å². The maximum Gasteiger partial charge on any atom is 0.490 e. The van der Waals surface area contributed by atoms with Gasteiger partial charge in [0.15, 0.2) is 5.82 Å². The number of aliphatic carboxylic acids is 1. The molecule has 1 aliphatic heterocycles. The number of aromatic nitrogens is 5. The van der Waals surface area contributed by atoms with Gasteiger partial charge >= 0.3 is 12.1 Å². The maximum atomic E-state index is 12.3. The number of alkyl halides is 3. The van der Waals surface area contributed by atoms with Crippen LogP contribution in [0.15, 0.2) is 24.0 Å². The van der Waals surface area contributed by atoms with E-state index in [9.17, 15) is 18.0 Å². The van der Waals surface area contributed by atoms with Crippen LogP contribution in [0.2, 0.25) is 0 Å². The average Bonchev–Trinajstić information content (AvgIpc) is 3.22. The molecule has 28 heavy (non-hydrogen) atoms. The number of amides is 1. The first-order valence-electron chi connectivity index (χ1n) is 7.68. The van der Waals surface area contributed by atoms with Gasteiger partial charge in [-0.2, -0.15) is 23.1 Å². The van der Waals surface area contributed by atoms with Gasteiger partial charge in [-0.1, -0.05) is 0 Å². The average molecular weight is 415 g/mol. The third kappa shape index (κ3) is 4.40. The lowest BCUT2D eigenvalue weighted by Crippen LogP contribution is -2.44. The van der Waals surface area contributed by atoms with E-state index in [4.69, 9.17) is 9.90 Å². The van der Waals surface area contributed by atoms with Crippen molar-refractivity contribution >= 4 is 39.2 Å². The zero-order valence-corrected chi connectivity index (χ0v) is 14.7. The first-order chi connectivity index (χ1) is 13.3. The summed E-state index contributed by atoms with van der Waals surface area (Å²) in [6.45, 7) is 1.70. The van der Waals surface area contributed by atoms with Gasteiger partial charge in [-0.15, -0.1) is 16.4 Å². The number of halogens is 3. The summed E-state index contributed by atoms with van der Waals surface area (Å²) in [5.74, 6) is -2.63. The zero-order chi connectivity index (χ0) is 20.3. The van der Waals surface area contributed by atoms with Crippen LogP contribution in [0.1, 0.15) is 16.5 Å². The first-order valence-corrected chi connectivity index (χ1v) is 8.56. The van der Waals surface area contributed by atoms with Gasteiger partial charge in [0.2, 0.25) is 0 Å². The SMILES string of the molecule is O=C(Nc1cnn(C2CNC2)n1)c1ncnc2ccsc12.O=C(O)C(F)(F)F. The number of rotatable bonds is 3. The third-order valence-electron chi connectivity index (χ3n) is 3.54. The smallest absolute Gasteiger partial charge is 0.475 e. The number of nitrogens with one attached hydrogen (secondary N) is 2. The molecule has 0 aliphatic carbocycles. The van der Waals surface area contributed by atoms with E-state index in [1.807, 2.05) is 11.4 Å². The Hall–Kier alpha value is -3.13. The Balaban J connectivity index is 0.000000279. The predicted molar refractivity (Wildman–Crippen MR) is 91.0 cm³/mol. The molecule has 0 aromatic carbocycles. The number of nitrogens with zero attached hydrogens (tertiary/aromatic N) is 5. The third-order valence-corrected chi connectivity index (χ3v) is 4.45. The molecule has 0 unspecified atom stereocenters. The molecule has 3 aromatic rings. The molecule has 3 N–H and O–H groups in total. The van der Waals surface area contributed by atoms with Crippen LogP contribution >= 0.6 is 11.3 Å². The van der Waals surface area contributed by atoms with Crippen molar-refractivity contribution in [3.8, 4) is 0 Å². The second-order valence-corrected chi connectivity index (χ2v) is 6.39. The summed E-state index contributed by atoms with van der Waals surface area (Å²) < 4.78 is 32.5. The molecule has 1 aliphatic rings. The van der Waals surface area contributed by atoms with E-state index in [-0.39, 0.29) is 11.9 Å². The number of carbonyl (C=O) groups is 2. The van der Waals surface area contributed by atoms with Crippen LogP contribution in [0.3, 0.4) is 0 Å². The number of anilines is 1. The number of carboxylic acid groups (broad SMARTS) is 1. The molecule has 0 radical (unpaired) electrons. The van der Waals surface area contributed by atoms with Gasteiger partial charge in [0.25, 0.3) is 5.91 Å². The Kier molecular flexibility index (Phi) is 5.51. The molecule has 1 saturated heterocycles. The summed E-state index contributed by atoms with van der Waals surface area (Å²) in [6, 6.07) is 2.12. The highest BCUT2D eigenvalue weighted by atomic mass is 32.1. The minimum atomic E-state index is -5.08. The lowest BCUT2D eigenvalue weighted by molar-refractivity contribution is -0.192. The molecule has 3 aromatic heterocycles. The minimum Gasteiger partial charge on any atom is -0.475 e. The van der Waals surface area contributed by atoms with Crippen LogP contribution in [-0.4, -0.2) is 61.2 Å². The standard InChI is InChI=1S/C12H11N7OS.C2HF3O2/c20-12(10-11-8(1-2-21-11)14-6-15-10)17-9-5-16-19(18-9)7-3-13-4-7;3-2(4,5)1(6)7/h1-2,5-7,13H,3-4H2,(H,17,18,20);(H,6,7). The molecule has 1 amide bonds.